The number of pyridine rings is 1. The number of nitrogens with zero attached hydrogens (tertiary/aromatic N) is 3. The molecule has 0 radical (unpaired) electrons. The van der Waals surface area contributed by atoms with E-state index >= 15 is 0 Å². The van der Waals surface area contributed by atoms with Gasteiger partial charge in [-0.25, -0.2) is 9.97 Å². The molecule has 2 atom stereocenters. The van der Waals surface area contributed by atoms with Gasteiger partial charge in [-0.05, 0) is 28.9 Å². The molecule has 0 spiro atoms. The van der Waals surface area contributed by atoms with Gasteiger partial charge in [-0.15, -0.1) is 11.6 Å². The molecule has 4 nitrogen and oxygen atoms in total. The van der Waals surface area contributed by atoms with Crippen LogP contribution in [0.3, 0.4) is 0 Å². The van der Waals surface area contributed by atoms with Gasteiger partial charge < -0.3 is 4.57 Å². The molecule has 0 aromatic carbocycles. The van der Waals surface area contributed by atoms with Crippen LogP contribution >= 0.6 is 27.5 Å². The molecule has 2 unspecified atom stereocenters. The molecule has 2 rings (SSSR count). The van der Waals surface area contributed by atoms with E-state index in [-0.39, 0.29) is 6.04 Å². The van der Waals surface area contributed by atoms with Crippen LogP contribution in [-0.2, 0) is 17.2 Å². The van der Waals surface area contributed by atoms with Crippen molar-refractivity contribution >= 4 is 49.5 Å². The van der Waals surface area contributed by atoms with Crippen molar-refractivity contribution in [3.8, 4) is 0 Å². The first-order valence-corrected chi connectivity index (χ1v) is 8.96. The second-order valence-corrected chi connectivity index (χ2v) is 7.20. The maximum atomic E-state index is 11.4. The summed E-state index contributed by atoms with van der Waals surface area (Å²) in [5, 5.41) is 0. The number of aryl methyl sites for hydroxylation is 1. The Bertz CT molecular complexity index is 616. The third-order valence-electron chi connectivity index (χ3n) is 2.80. The predicted molar refractivity (Wildman–Crippen MR) is 83.3 cm³/mol. The van der Waals surface area contributed by atoms with Crippen LogP contribution in [0.25, 0.3) is 11.2 Å². The van der Waals surface area contributed by atoms with Crippen molar-refractivity contribution in [2.24, 2.45) is 0 Å². The lowest BCUT2D eigenvalue weighted by molar-refractivity contribution is 0.583. The summed E-state index contributed by atoms with van der Waals surface area (Å²) in [5.74, 6) is 1.99. The van der Waals surface area contributed by atoms with Crippen molar-refractivity contribution in [3.63, 3.8) is 0 Å². The van der Waals surface area contributed by atoms with Gasteiger partial charge in [-0.2, -0.15) is 0 Å². The molecular formula is C12H15BrClN3OS. The van der Waals surface area contributed by atoms with Crippen molar-refractivity contribution in [2.75, 3.05) is 17.9 Å². The largest absolute Gasteiger partial charge is 0.309 e. The van der Waals surface area contributed by atoms with Crippen LogP contribution in [0.5, 0.6) is 0 Å². The molecule has 0 aliphatic heterocycles. The normalized spacial score (nSPS) is 14.7. The summed E-state index contributed by atoms with van der Waals surface area (Å²) in [4.78, 5) is 9.00. The van der Waals surface area contributed by atoms with E-state index in [0.717, 1.165) is 21.5 Å². The van der Waals surface area contributed by atoms with Crippen LogP contribution in [0.2, 0.25) is 0 Å². The highest BCUT2D eigenvalue weighted by Crippen LogP contribution is 2.23. The number of imidazole rings is 1. The summed E-state index contributed by atoms with van der Waals surface area (Å²) in [5.41, 5.74) is 1.66. The molecule has 7 heteroatoms. The quantitative estimate of drug-likeness (QED) is 0.766. The van der Waals surface area contributed by atoms with Crippen LogP contribution < -0.4 is 0 Å². The Morgan fingerprint density at radius 1 is 1.58 bits per heavy atom. The second-order valence-electron chi connectivity index (χ2n) is 4.42. The smallest absolute Gasteiger partial charge is 0.160 e. The summed E-state index contributed by atoms with van der Waals surface area (Å²) in [6, 6.07) is 2.02. The molecule has 0 saturated carbocycles. The highest BCUT2D eigenvalue weighted by Gasteiger charge is 2.17. The third-order valence-corrected chi connectivity index (χ3v) is 4.38. The predicted octanol–water partition coefficient (Wildman–Crippen LogP) is 2.91. The number of hydrogen-bond acceptors (Lipinski definition) is 3. The molecular weight excluding hydrogens is 350 g/mol. The fraction of sp³-hybridized carbons (Fsp3) is 0.500. The Balaban J connectivity index is 2.54. The Labute approximate surface area is 128 Å². The fourth-order valence-electron chi connectivity index (χ4n) is 2.14. The average molecular weight is 365 g/mol. The zero-order valence-electron chi connectivity index (χ0n) is 10.8. The van der Waals surface area contributed by atoms with E-state index < -0.39 is 10.8 Å². The van der Waals surface area contributed by atoms with Gasteiger partial charge in [0.15, 0.2) is 5.65 Å². The van der Waals surface area contributed by atoms with E-state index in [1.54, 1.807) is 12.5 Å². The van der Waals surface area contributed by atoms with Gasteiger partial charge in [0.2, 0.25) is 0 Å². The summed E-state index contributed by atoms with van der Waals surface area (Å²) in [6.07, 6.45) is 4.14. The number of hydrogen-bond donors (Lipinski definition) is 0. The molecule has 2 aromatic rings. The summed E-state index contributed by atoms with van der Waals surface area (Å²) < 4.78 is 14.4. The van der Waals surface area contributed by atoms with Crippen LogP contribution in [0.15, 0.2) is 16.7 Å². The minimum atomic E-state index is -0.858. The summed E-state index contributed by atoms with van der Waals surface area (Å²) in [6.45, 7) is 2.03. The van der Waals surface area contributed by atoms with E-state index in [1.165, 1.54) is 0 Å². The molecule has 0 amide bonds. The van der Waals surface area contributed by atoms with Crippen molar-refractivity contribution in [1.82, 2.24) is 14.5 Å². The lowest BCUT2D eigenvalue weighted by Gasteiger charge is -2.15. The summed E-state index contributed by atoms with van der Waals surface area (Å²) in [7, 11) is -0.858. The van der Waals surface area contributed by atoms with E-state index in [9.17, 15) is 4.21 Å². The van der Waals surface area contributed by atoms with E-state index in [1.807, 2.05) is 17.6 Å². The minimum Gasteiger partial charge on any atom is -0.309 e. The van der Waals surface area contributed by atoms with E-state index in [2.05, 4.69) is 25.9 Å². The molecule has 104 valence electrons. The molecule has 0 fully saturated rings. The Kier molecular flexibility index (Phi) is 4.97. The van der Waals surface area contributed by atoms with E-state index in [4.69, 9.17) is 11.6 Å². The zero-order chi connectivity index (χ0) is 14.0. The average Bonchev–Trinajstić information content (AvgIpc) is 2.65. The number of halogens is 2. The fourth-order valence-corrected chi connectivity index (χ4v) is 3.46. The SMILES string of the molecule is CC(CS(C)=O)n1c(CCCl)nc2cc(Br)cnc21. The maximum absolute atomic E-state index is 11.4. The number of aromatic nitrogens is 3. The van der Waals surface area contributed by atoms with Crippen LogP contribution in [0, 0.1) is 0 Å². The highest BCUT2D eigenvalue weighted by molar-refractivity contribution is 9.10. The van der Waals surface area contributed by atoms with E-state index in [0.29, 0.717) is 18.1 Å². The molecule has 0 saturated heterocycles. The monoisotopic (exact) mass is 363 g/mol. The Morgan fingerprint density at radius 3 is 2.95 bits per heavy atom. The van der Waals surface area contributed by atoms with Crippen molar-refractivity contribution in [1.29, 1.82) is 0 Å². The van der Waals surface area contributed by atoms with Crippen LogP contribution in [0.4, 0.5) is 0 Å². The number of rotatable bonds is 5. The molecule has 0 bridgehead atoms. The summed E-state index contributed by atoms with van der Waals surface area (Å²) >= 11 is 9.23. The first-order chi connectivity index (χ1) is 9.02. The van der Waals surface area contributed by atoms with Gasteiger partial charge in [-0.3, -0.25) is 4.21 Å². The Hall–Kier alpha value is -0.460. The minimum absolute atomic E-state index is 0.0859. The van der Waals surface area contributed by atoms with Crippen LogP contribution in [-0.4, -0.2) is 36.6 Å². The van der Waals surface area contributed by atoms with Gasteiger partial charge in [0.25, 0.3) is 0 Å². The topological polar surface area (TPSA) is 47.8 Å². The third kappa shape index (κ3) is 3.35. The molecule has 2 aromatic heterocycles. The van der Waals surface area contributed by atoms with Gasteiger partial charge >= 0.3 is 0 Å². The molecule has 0 N–H and O–H groups in total. The molecule has 19 heavy (non-hydrogen) atoms. The lowest BCUT2D eigenvalue weighted by atomic mass is 10.3. The molecule has 2 heterocycles. The second kappa shape index (κ2) is 6.33. The first-order valence-electron chi connectivity index (χ1n) is 5.91. The van der Waals surface area contributed by atoms with Gasteiger partial charge in [0.05, 0.1) is 0 Å². The van der Waals surface area contributed by atoms with Gasteiger partial charge in [0.1, 0.15) is 11.3 Å². The number of fused-ring (bicyclic) bond motifs is 1. The Morgan fingerprint density at radius 2 is 2.32 bits per heavy atom. The number of alkyl halides is 1. The molecule has 0 aliphatic rings. The van der Waals surface area contributed by atoms with Crippen molar-refractivity contribution in [2.45, 2.75) is 19.4 Å². The van der Waals surface area contributed by atoms with Crippen LogP contribution in [0.1, 0.15) is 18.8 Å². The lowest BCUT2D eigenvalue weighted by Crippen LogP contribution is -2.16. The zero-order valence-corrected chi connectivity index (χ0v) is 13.9. The highest BCUT2D eigenvalue weighted by atomic mass is 79.9. The van der Waals surface area contributed by atoms with Crippen molar-refractivity contribution < 1.29 is 4.21 Å². The van der Waals surface area contributed by atoms with Gasteiger partial charge in [-0.1, -0.05) is 0 Å². The standard InChI is InChI=1S/C12H15BrClN3OS/c1-8(7-19(2)18)17-11(3-4-14)16-10-5-9(13)6-15-12(10)17/h5-6,8H,3-4,7H2,1-2H3. The first kappa shape index (κ1) is 14.9. The molecule has 0 aliphatic carbocycles. The maximum Gasteiger partial charge on any atom is 0.160 e. The van der Waals surface area contributed by atoms with Gasteiger partial charge in [0, 0.05) is 51.8 Å². The van der Waals surface area contributed by atoms with Crippen molar-refractivity contribution in [3.05, 3.63) is 22.6 Å².